The molecule has 21 heavy (non-hydrogen) atoms. The number of carbonyl (C=O) groups excluding carboxylic acids is 1. The van der Waals surface area contributed by atoms with Crippen LogP contribution in [0.3, 0.4) is 0 Å². The third-order valence-electron chi connectivity index (χ3n) is 2.73. The van der Waals surface area contributed by atoms with Gasteiger partial charge in [0.05, 0.1) is 0 Å². The summed E-state index contributed by atoms with van der Waals surface area (Å²) in [6.07, 6.45) is 3.21. The van der Waals surface area contributed by atoms with E-state index >= 15 is 0 Å². The van der Waals surface area contributed by atoms with E-state index < -0.39 is 5.97 Å². The molecular formula is C17H14O4. The highest BCUT2D eigenvalue weighted by Gasteiger charge is 2.00. The molecule has 2 aromatic rings. The maximum atomic E-state index is 11.9. The van der Waals surface area contributed by atoms with E-state index in [4.69, 9.17) is 9.84 Å². The van der Waals surface area contributed by atoms with E-state index in [0.717, 1.165) is 5.56 Å². The fraction of sp³-hybridized carbons (Fsp3) is 0.0588. The quantitative estimate of drug-likeness (QED) is 0.653. The molecule has 0 aliphatic rings. The molecule has 0 saturated carbocycles. The molecule has 2 rings (SSSR count). The first-order valence-electron chi connectivity index (χ1n) is 6.37. The number of hydrogen-bond acceptors (Lipinski definition) is 3. The van der Waals surface area contributed by atoms with E-state index in [2.05, 4.69) is 0 Å². The fourth-order valence-electron chi connectivity index (χ4n) is 1.69. The molecule has 1 N–H and O–H groups in total. The number of rotatable bonds is 6. The SMILES string of the molecule is O=C(O)COc1ccc(/C=C/C(=O)c2ccccc2)cc1. The highest BCUT2D eigenvalue weighted by atomic mass is 16.5. The first-order valence-corrected chi connectivity index (χ1v) is 6.37. The molecule has 0 radical (unpaired) electrons. The van der Waals surface area contributed by atoms with Gasteiger partial charge in [-0.05, 0) is 23.8 Å². The maximum absolute atomic E-state index is 11.9. The highest BCUT2D eigenvalue weighted by Crippen LogP contribution is 2.13. The Balaban J connectivity index is 1.98. The number of allylic oxidation sites excluding steroid dienone is 1. The standard InChI is InChI=1S/C17H14O4/c18-16(14-4-2-1-3-5-14)11-8-13-6-9-15(10-7-13)21-12-17(19)20/h1-11H,12H2,(H,19,20)/b11-8+. The van der Waals surface area contributed by atoms with Gasteiger partial charge in [-0.15, -0.1) is 0 Å². The van der Waals surface area contributed by atoms with Crippen molar-refractivity contribution >= 4 is 17.8 Å². The number of carboxylic acids is 1. The summed E-state index contributed by atoms with van der Waals surface area (Å²) in [5.41, 5.74) is 1.47. The molecule has 0 heterocycles. The molecule has 0 atom stereocenters. The van der Waals surface area contributed by atoms with Gasteiger partial charge < -0.3 is 9.84 Å². The predicted octanol–water partition coefficient (Wildman–Crippen LogP) is 3.05. The summed E-state index contributed by atoms with van der Waals surface area (Å²) in [4.78, 5) is 22.3. The highest BCUT2D eigenvalue weighted by molar-refractivity contribution is 6.06. The predicted molar refractivity (Wildman–Crippen MR) is 79.4 cm³/mol. The molecule has 0 aliphatic heterocycles. The number of carbonyl (C=O) groups is 2. The lowest BCUT2D eigenvalue weighted by Crippen LogP contribution is -2.09. The van der Waals surface area contributed by atoms with Gasteiger partial charge in [0, 0.05) is 5.56 Å². The minimum atomic E-state index is -1.02. The van der Waals surface area contributed by atoms with Gasteiger partial charge in [-0.3, -0.25) is 4.79 Å². The second-order valence-electron chi connectivity index (χ2n) is 4.32. The molecule has 0 aliphatic carbocycles. The van der Waals surface area contributed by atoms with E-state index in [1.54, 1.807) is 42.5 Å². The average molecular weight is 282 g/mol. The van der Waals surface area contributed by atoms with Crippen molar-refractivity contribution in [3.05, 3.63) is 71.8 Å². The van der Waals surface area contributed by atoms with Crippen molar-refractivity contribution in [1.29, 1.82) is 0 Å². The normalized spacial score (nSPS) is 10.5. The third kappa shape index (κ3) is 4.62. The first-order chi connectivity index (χ1) is 10.1. The molecule has 4 nitrogen and oxygen atoms in total. The van der Waals surface area contributed by atoms with Crippen molar-refractivity contribution in [1.82, 2.24) is 0 Å². The number of hydrogen-bond donors (Lipinski definition) is 1. The Kier molecular flexibility index (Phi) is 4.88. The Bertz CT molecular complexity index is 642. The van der Waals surface area contributed by atoms with Crippen LogP contribution in [0.5, 0.6) is 5.75 Å². The lowest BCUT2D eigenvalue weighted by molar-refractivity contribution is -0.139. The van der Waals surface area contributed by atoms with Gasteiger partial charge in [0.25, 0.3) is 0 Å². The van der Waals surface area contributed by atoms with Crippen molar-refractivity contribution < 1.29 is 19.4 Å². The summed E-state index contributed by atoms with van der Waals surface area (Å²) in [6, 6.07) is 15.8. The molecule has 0 saturated heterocycles. The second kappa shape index (κ2) is 7.05. The van der Waals surface area contributed by atoms with Crippen molar-refractivity contribution in [3.8, 4) is 5.75 Å². The maximum Gasteiger partial charge on any atom is 0.341 e. The van der Waals surface area contributed by atoms with Gasteiger partial charge in [0.15, 0.2) is 12.4 Å². The van der Waals surface area contributed by atoms with Crippen molar-refractivity contribution in [2.45, 2.75) is 0 Å². The summed E-state index contributed by atoms with van der Waals surface area (Å²) >= 11 is 0. The Morgan fingerprint density at radius 1 is 1.00 bits per heavy atom. The monoisotopic (exact) mass is 282 g/mol. The zero-order valence-corrected chi connectivity index (χ0v) is 11.2. The summed E-state index contributed by atoms with van der Waals surface area (Å²) < 4.78 is 5.03. The Hall–Kier alpha value is -2.88. The molecule has 0 spiro atoms. The first kappa shape index (κ1) is 14.5. The minimum Gasteiger partial charge on any atom is -0.482 e. The molecule has 4 heteroatoms. The molecule has 2 aromatic carbocycles. The largest absolute Gasteiger partial charge is 0.482 e. The number of aliphatic carboxylic acids is 1. The third-order valence-corrected chi connectivity index (χ3v) is 2.73. The van der Waals surface area contributed by atoms with E-state index in [-0.39, 0.29) is 12.4 Å². The topological polar surface area (TPSA) is 63.6 Å². The van der Waals surface area contributed by atoms with Crippen molar-refractivity contribution in [2.75, 3.05) is 6.61 Å². The van der Waals surface area contributed by atoms with Gasteiger partial charge in [0.1, 0.15) is 5.75 Å². The summed E-state index contributed by atoms with van der Waals surface area (Å²) in [7, 11) is 0. The summed E-state index contributed by atoms with van der Waals surface area (Å²) in [5.74, 6) is -0.613. The van der Waals surface area contributed by atoms with Crippen LogP contribution in [0.15, 0.2) is 60.7 Å². The van der Waals surface area contributed by atoms with Gasteiger partial charge in [-0.2, -0.15) is 0 Å². The van der Waals surface area contributed by atoms with Crippen LogP contribution in [0.4, 0.5) is 0 Å². The Labute approximate surface area is 122 Å². The van der Waals surface area contributed by atoms with Crippen LogP contribution in [0.2, 0.25) is 0 Å². The lowest BCUT2D eigenvalue weighted by atomic mass is 10.1. The van der Waals surface area contributed by atoms with Gasteiger partial charge >= 0.3 is 5.97 Å². The zero-order chi connectivity index (χ0) is 15.1. The van der Waals surface area contributed by atoms with E-state index in [1.807, 2.05) is 18.2 Å². The van der Waals surface area contributed by atoms with Crippen LogP contribution in [0.25, 0.3) is 6.08 Å². The summed E-state index contributed by atoms with van der Waals surface area (Å²) in [5, 5.41) is 8.51. The van der Waals surface area contributed by atoms with Crippen LogP contribution < -0.4 is 4.74 Å². The molecular weight excluding hydrogens is 268 g/mol. The van der Waals surface area contributed by atoms with Crippen molar-refractivity contribution in [3.63, 3.8) is 0 Å². The number of ether oxygens (including phenoxy) is 1. The molecule has 0 unspecified atom stereocenters. The van der Waals surface area contributed by atoms with Crippen LogP contribution >= 0.6 is 0 Å². The second-order valence-corrected chi connectivity index (χ2v) is 4.32. The van der Waals surface area contributed by atoms with Crippen LogP contribution in [0.1, 0.15) is 15.9 Å². The summed E-state index contributed by atoms with van der Waals surface area (Å²) in [6.45, 7) is -0.373. The van der Waals surface area contributed by atoms with E-state index in [0.29, 0.717) is 11.3 Å². The number of carboxylic acid groups (broad SMARTS) is 1. The Morgan fingerprint density at radius 3 is 2.29 bits per heavy atom. The average Bonchev–Trinajstić information content (AvgIpc) is 2.52. The molecule has 0 bridgehead atoms. The molecule has 0 amide bonds. The van der Waals surface area contributed by atoms with Crippen LogP contribution in [-0.2, 0) is 4.79 Å². The van der Waals surface area contributed by atoms with Crippen LogP contribution in [0, 0.1) is 0 Å². The number of benzene rings is 2. The zero-order valence-electron chi connectivity index (χ0n) is 11.2. The van der Waals surface area contributed by atoms with E-state index in [1.165, 1.54) is 6.08 Å². The smallest absolute Gasteiger partial charge is 0.341 e. The van der Waals surface area contributed by atoms with Crippen LogP contribution in [-0.4, -0.2) is 23.5 Å². The fourth-order valence-corrected chi connectivity index (χ4v) is 1.69. The lowest BCUT2D eigenvalue weighted by Gasteiger charge is -2.02. The number of ketones is 1. The molecule has 0 fully saturated rings. The van der Waals surface area contributed by atoms with E-state index in [9.17, 15) is 9.59 Å². The minimum absolute atomic E-state index is 0.0678. The van der Waals surface area contributed by atoms with Gasteiger partial charge in [-0.1, -0.05) is 48.5 Å². The molecule has 0 aromatic heterocycles. The van der Waals surface area contributed by atoms with Crippen molar-refractivity contribution in [2.24, 2.45) is 0 Å². The van der Waals surface area contributed by atoms with Gasteiger partial charge in [-0.25, -0.2) is 4.79 Å². The molecule has 106 valence electrons. The Morgan fingerprint density at radius 2 is 1.67 bits per heavy atom. The van der Waals surface area contributed by atoms with Gasteiger partial charge in [0.2, 0.25) is 0 Å².